The van der Waals surface area contributed by atoms with Gasteiger partial charge in [0.25, 0.3) is 0 Å². The Morgan fingerprint density at radius 2 is 2.00 bits per heavy atom. The first-order valence-electron chi connectivity index (χ1n) is 8.45. The van der Waals surface area contributed by atoms with Gasteiger partial charge >= 0.3 is 0 Å². The molecule has 3 heteroatoms. The van der Waals surface area contributed by atoms with E-state index in [-0.39, 0.29) is 0 Å². The Labute approximate surface area is 119 Å². The highest BCUT2D eigenvalue weighted by molar-refractivity contribution is 4.81. The first-order chi connectivity index (χ1) is 9.29. The van der Waals surface area contributed by atoms with Crippen LogP contribution >= 0.6 is 0 Å². The zero-order valence-electron chi connectivity index (χ0n) is 13.0. The van der Waals surface area contributed by atoms with Crippen LogP contribution in [0.25, 0.3) is 0 Å². The molecule has 3 nitrogen and oxygen atoms in total. The van der Waals surface area contributed by atoms with Crippen LogP contribution in [-0.2, 0) is 0 Å². The molecule has 0 aromatic carbocycles. The number of nitrogens with zero attached hydrogens (tertiary/aromatic N) is 2. The summed E-state index contributed by atoms with van der Waals surface area (Å²) in [5.41, 5.74) is 0. The fraction of sp³-hybridized carbons (Fsp3) is 1.00. The predicted molar refractivity (Wildman–Crippen MR) is 82.6 cm³/mol. The average molecular weight is 267 g/mol. The van der Waals surface area contributed by atoms with E-state index in [1.165, 1.54) is 77.7 Å². The fourth-order valence-electron chi connectivity index (χ4n) is 3.25. The standard InChI is InChI=1S/C16H33N3/c1-3-19-13-7-8-16(19)14-18(2)12-6-4-5-11-17-15-9-10-15/h15-17H,3-14H2,1-2H3. The van der Waals surface area contributed by atoms with Gasteiger partial charge in [0.2, 0.25) is 0 Å². The van der Waals surface area contributed by atoms with Crippen molar-refractivity contribution in [1.29, 1.82) is 0 Å². The number of likely N-dealkylation sites (N-methyl/N-ethyl adjacent to an activating group) is 2. The molecule has 0 bridgehead atoms. The molecule has 0 aromatic rings. The summed E-state index contributed by atoms with van der Waals surface area (Å²) in [7, 11) is 2.30. The van der Waals surface area contributed by atoms with Gasteiger partial charge in [0.1, 0.15) is 0 Å². The van der Waals surface area contributed by atoms with Gasteiger partial charge in [-0.05, 0) is 71.8 Å². The Balaban J connectivity index is 1.45. The van der Waals surface area contributed by atoms with Crippen molar-refractivity contribution in [3.8, 4) is 0 Å². The van der Waals surface area contributed by atoms with Crippen LogP contribution in [-0.4, -0.2) is 61.7 Å². The minimum atomic E-state index is 0.825. The molecule has 2 rings (SSSR count). The third kappa shape index (κ3) is 5.80. The van der Waals surface area contributed by atoms with Crippen molar-refractivity contribution in [1.82, 2.24) is 15.1 Å². The Hall–Kier alpha value is -0.120. The van der Waals surface area contributed by atoms with E-state index < -0.39 is 0 Å². The predicted octanol–water partition coefficient (Wildman–Crippen LogP) is 2.32. The normalized spacial score (nSPS) is 24.5. The fourth-order valence-corrected chi connectivity index (χ4v) is 3.25. The summed E-state index contributed by atoms with van der Waals surface area (Å²) >= 11 is 0. The summed E-state index contributed by atoms with van der Waals surface area (Å²) in [4.78, 5) is 5.20. The molecule has 1 atom stereocenters. The Kier molecular flexibility index (Phi) is 6.62. The monoisotopic (exact) mass is 267 g/mol. The molecular weight excluding hydrogens is 234 g/mol. The van der Waals surface area contributed by atoms with Gasteiger partial charge in [-0.2, -0.15) is 0 Å². The zero-order chi connectivity index (χ0) is 13.5. The molecule has 1 N–H and O–H groups in total. The van der Waals surface area contributed by atoms with Crippen LogP contribution in [0.5, 0.6) is 0 Å². The lowest BCUT2D eigenvalue weighted by atomic mass is 10.2. The second-order valence-corrected chi connectivity index (χ2v) is 6.48. The molecule has 1 saturated heterocycles. The summed E-state index contributed by atoms with van der Waals surface area (Å²) in [6.07, 6.45) is 9.74. The number of rotatable bonds is 10. The van der Waals surface area contributed by atoms with Crippen molar-refractivity contribution in [2.45, 2.75) is 64.0 Å². The number of nitrogens with one attached hydrogen (secondary N) is 1. The number of hydrogen-bond acceptors (Lipinski definition) is 3. The molecule has 0 aromatic heterocycles. The van der Waals surface area contributed by atoms with E-state index in [4.69, 9.17) is 0 Å². The van der Waals surface area contributed by atoms with E-state index in [9.17, 15) is 0 Å². The number of likely N-dealkylation sites (tertiary alicyclic amines) is 1. The van der Waals surface area contributed by atoms with Gasteiger partial charge < -0.3 is 10.2 Å². The molecule has 0 amide bonds. The van der Waals surface area contributed by atoms with Crippen molar-refractivity contribution in [2.24, 2.45) is 0 Å². The van der Waals surface area contributed by atoms with E-state index in [0.29, 0.717) is 0 Å². The van der Waals surface area contributed by atoms with Crippen LogP contribution in [0.1, 0.15) is 51.9 Å². The van der Waals surface area contributed by atoms with Crippen LogP contribution in [0.15, 0.2) is 0 Å². The van der Waals surface area contributed by atoms with Gasteiger partial charge in [0, 0.05) is 18.6 Å². The van der Waals surface area contributed by atoms with Crippen molar-refractivity contribution in [2.75, 3.05) is 39.8 Å². The second kappa shape index (κ2) is 8.23. The summed E-state index contributed by atoms with van der Waals surface area (Å²) in [5.74, 6) is 0. The topological polar surface area (TPSA) is 18.5 Å². The lowest BCUT2D eigenvalue weighted by molar-refractivity contribution is 0.197. The van der Waals surface area contributed by atoms with Crippen molar-refractivity contribution in [3.63, 3.8) is 0 Å². The molecule has 112 valence electrons. The summed E-state index contributed by atoms with van der Waals surface area (Å²) < 4.78 is 0. The Bertz CT molecular complexity index is 240. The quantitative estimate of drug-likeness (QED) is 0.613. The lowest BCUT2D eigenvalue weighted by Crippen LogP contribution is -2.39. The molecule has 1 saturated carbocycles. The molecule has 1 unspecified atom stereocenters. The molecule has 2 fully saturated rings. The smallest absolute Gasteiger partial charge is 0.0223 e. The van der Waals surface area contributed by atoms with Crippen molar-refractivity contribution in [3.05, 3.63) is 0 Å². The third-order valence-corrected chi connectivity index (χ3v) is 4.65. The molecule has 0 radical (unpaired) electrons. The van der Waals surface area contributed by atoms with Crippen molar-refractivity contribution < 1.29 is 0 Å². The van der Waals surface area contributed by atoms with Crippen LogP contribution in [0.3, 0.4) is 0 Å². The van der Waals surface area contributed by atoms with Gasteiger partial charge in [0.15, 0.2) is 0 Å². The van der Waals surface area contributed by atoms with Gasteiger partial charge in [-0.25, -0.2) is 0 Å². The first kappa shape index (κ1) is 15.3. The minimum Gasteiger partial charge on any atom is -0.314 e. The van der Waals surface area contributed by atoms with E-state index in [1.807, 2.05) is 0 Å². The van der Waals surface area contributed by atoms with E-state index in [1.54, 1.807) is 0 Å². The van der Waals surface area contributed by atoms with E-state index in [2.05, 4.69) is 29.1 Å². The number of unbranched alkanes of at least 4 members (excludes halogenated alkanes) is 2. The minimum absolute atomic E-state index is 0.825. The van der Waals surface area contributed by atoms with Gasteiger partial charge in [-0.1, -0.05) is 13.3 Å². The largest absolute Gasteiger partial charge is 0.314 e. The maximum absolute atomic E-state index is 3.60. The summed E-state index contributed by atoms with van der Waals surface area (Å²) in [6, 6.07) is 1.71. The average Bonchev–Trinajstić information content (AvgIpc) is 3.12. The van der Waals surface area contributed by atoms with Crippen LogP contribution in [0.2, 0.25) is 0 Å². The summed E-state index contributed by atoms with van der Waals surface area (Å²) in [5, 5.41) is 3.60. The van der Waals surface area contributed by atoms with E-state index >= 15 is 0 Å². The molecule has 19 heavy (non-hydrogen) atoms. The third-order valence-electron chi connectivity index (χ3n) is 4.65. The van der Waals surface area contributed by atoms with Crippen LogP contribution in [0, 0.1) is 0 Å². The maximum Gasteiger partial charge on any atom is 0.0223 e. The SMILES string of the molecule is CCN1CCCC1CN(C)CCCCCNC1CC1. The first-order valence-corrected chi connectivity index (χ1v) is 8.45. The molecular formula is C16H33N3. The van der Waals surface area contributed by atoms with Gasteiger partial charge in [-0.3, -0.25) is 4.90 Å². The highest BCUT2D eigenvalue weighted by Crippen LogP contribution is 2.19. The Morgan fingerprint density at radius 3 is 2.74 bits per heavy atom. The molecule has 1 heterocycles. The highest BCUT2D eigenvalue weighted by atomic mass is 15.2. The Morgan fingerprint density at radius 1 is 1.16 bits per heavy atom. The molecule has 1 aliphatic carbocycles. The van der Waals surface area contributed by atoms with E-state index in [0.717, 1.165) is 12.1 Å². The summed E-state index contributed by atoms with van der Waals surface area (Å²) in [6.45, 7) is 8.63. The van der Waals surface area contributed by atoms with Crippen molar-refractivity contribution >= 4 is 0 Å². The van der Waals surface area contributed by atoms with Crippen LogP contribution < -0.4 is 5.32 Å². The maximum atomic E-state index is 3.60. The second-order valence-electron chi connectivity index (χ2n) is 6.48. The molecule has 2 aliphatic rings. The lowest BCUT2D eigenvalue weighted by Gasteiger charge is -2.27. The van der Waals surface area contributed by atoms with Crippen LogP contribution in [0.4, 0.5) is 0 Å². The highest BCUT2D eigenvalue weighted by Gasteiger charge is 2.23. The molecule has 0 spiro atoms. The van der Waals surface area contributed by atoms with Gasteiger partial charge in [0.05, 0.1) is 0 Å². The molecule has 1 aliphatic heterocycles. The number of hydrogen-bond donors (Lipinski definition) is 1. The van der Waals surface area contributed by atoms with Gasteiger partial charge in [-0.15, -0.1) is 0 Å². The zero-order valence-corrected chi connectivity index (χ0v) is 13.0.